The van der Waals surface area contributed by atoms with Crippen molar-refractivity contribution in [1.29, 1.82) is 0 Å². The van der Waals surface area contributed by atoms with Gasteiger partial charge in [0, 0.05) is 31.8 Å². The fraction of sp³-hybridized carbons (Fsp3) is 0.409. The molecule has 1 aliphatic heterocycles. The first-order valence-corrected chi connectivity index (χ1v) is 11.4. The lowest BCUT2D eigenvalue weighted by atomic mass is 9.97. The van der Waals surface area contributed by atoms with Crippen molar-refractivity contribution < 1.29 is 17.9 Å². The van der Waals surface area contributed by atoms with Gasteiger partial charge in [-0.15, -0.1) is 0 Å². The summed E-state index contributed by atoms with van der Waals surface area (Å²) in [6.45, 7) is 3.20. The summed E-state index contributed by atoms with van der Waals surface area (Å²) in [5, 5.41) is 2.95. The number of hydrogen-bond acceptors (Lipinski definition) is 4. The van der Waals surface area contributed by atoms with Gasteiger partial charge in [0.05, 0.1) is 12.4 Å². The summed E-state index contributed by atoms with van der Waals surface area (Å²) in [7, 11) is -1.75. The highest BCUT2D eigenvalue weighted by molar-refractivity contribution is 7.88. The fourth-order valence-electron chi connectivity index (χ4n) is 3.53. The Kier molecular flexibility index (Phi) is 7.05. The first-order valence-electron chi connectivity index (χ1n) is 9.79. The van der Waals surface area contributed by atoms with E-state index in [1.807, 2.05) is 55.5 Å². The van der Waals surface area contributed by atoms with Crippen LogP contribution in [0, 0.1) is 12.8 Å². The van der Waals surface area contributed by atoms with Gasteiger partial charge in [-0.1, -0.05) is 42.0 Å². The van der Waals surface area contributed by atoms with E-state index >= 15 is 0 Å². The van der Waals surface area contributed by atoms with Gasteiger partial charge < -0.3 is 10.1 Å². The van der Waals surface area contributed by atoms with E-state index in [0.717, 1.165) is 22.4 Å². The molecule has 1 saturated heterocycles. The number of aryl methyl sites for hydroxylation is 1. The third-order valence-corrected chi connectivity index (χ3v) is 7.04. The van der Waals surface area contributed by atoms with Gasteiger partial charge in [0.25, 0.3) is 0 Å². The van der Waals surface area contributed by atoms with Crippen LogP contribution in [0.15, 0.2) is 48.5 Å². The van der Waals surface area contributed by atoms with E-state index < -0.39 is 10.0 Å². The highest BCUT2D eigenvalue weighted by Gasteiger charge is 2.31. The second-order valence-electron chi connectivity index (χ2n) is 7.54. The molecule has 0 aliphatic carbocycles. The van der Waals surface area contributed by atoms with Crippen LogP contribution in [-0.4, -0.2) is 38.8 Å². The molecule has 156 valence electrons. The number of carbonyl (C=O) groups excluding carboxylic acids is 1. The summed E-state index contributed by atoms with van der Waals surface area (Å²) in [6, 6.07) is 15.1. The van der Waals surface area contributed by atoms with Crippen molar-refractivity contribution in [1.82, 2.24) is 4.31 Å². The van der Waals surface area contributed by atoms with Crippen LogP contribution in [0.4, 0.5) is 5.69 Å². The topological polar surface area (TPSA) is 75.7 Å². The third-order valence-electron chi connectivity index (χ3n) is 5.19. The molecular weight excluding hydrogens is 388 g/mol. The monoisotopic (exact) mass is 416 g/mol. The summed E-state index contributed by atoms with van der Waals surface area (Å²) in [5.74, 6) is -0.252. The van der Waals surface area contributed by atoms with E-state index in [-0.39, 0.29) is 17.6 Å². The Morgan fingerprint density at radius 1 is 1.10 bits per heavy atom. The molecule has 0 saturated carbocycles. The molecule has 0 aromatic heterocycles. The minimum Gasteiger partial charge on any atom is -0.380 e. The predicted molar refractivity (Wildman–Crippen MR) is 114 cm³/mol. The number of ether oxygens (including phenoxy) is 1. The van der Waals surface area contributed by atoms with Crippen LogP contribution in [-0.2, 0) is 31.9 Å². The van der Waals surface area contributed by atoms with E-state index in [9.17, 15) is 13.2 Å². The number of hydrogen-bond donors (Lipinski definition) is 1. The lowest BCUT2D eigenvalue weighted by Gasteiger charge is -2.30. The maximum atomic E-state index is 12.7. The van der Waals surface area contributed by atoms with Crippen LogP contribution in [0.2, 0.25) is 0 Å². The smallest absolute Gasteiger partial charge is 0.227 e. The standard InChI is InChI=1S/C22H28N2O4S/c1-17-6-8-18(9-7-17)16-29(26,27)24-12-10-20(11-13-24)22(25)23-21-5-3-4-19(14-21)15-28-2/h3-9,14,20H,10-13,15-16H2,1-2H3,(H,23,25). The summed E-state index contributed by atoms with van der Waals surface area (Å²) < 4.78 is 32.1. The van der Waals surface area contributed by atoms with E-state index in [2.05, 4.69) is 5.32 Å². The molecule has 1 aliphatic rings. The average Bonchev–Trinajstić information content (AvgIpc) is 2.70. The Hall–Kier alpha value is -2.22. The minimum absolute atomic E-state index is 0.00354. The summed E-state index contributed by atoms with van der Waals surface area (Å²) in [5.41, 5.74) is 3.61. The van der Waals surface area contributed by atoms with Crippen molar-refractivity contribution >= 4 is 21.6 Å². The quantitative estimate of drug-likeness (QED) is 0.751. The van der Waals surface area contributed by atoms with Crippen LogP contribution >= 0.6 is 0 Å². The molecule has 1 fully saturated rings. The number of amides is 1. The lowest BCUT2D eigenvalue weighted by molar-refractivity contribution is -0.120. The molecule has 29 heavy (non-hydrogen) atoms. The van der Waals surface area contributed by atoms with Crippen molar-refractivity contribution in [3.8, 4) is 0 Å². The number of nitrogens with one attached hydrogen (secondary N) is 1. The van der Waals surface area contributed by atoms with Crippen LogP contribution in [0.3, 0.4) is 0 Å². The van der Waals surface area contributed by atoms with Gasteiger partial charge in [-0.25, -0.2) is 12.7 Å². The Labute approximate surface area is 172 Å². The normalized spacial score (nSPS) is 15.9. The second-order valence-corrected chi connectivity index (χ2v) is 9.51. The van der Waals surface area contributed by atoms with Crippen molar-refractivity contribution in [2.75, 3.05) is 25.5 Å². The zero-order valence-corrected chi connectivity index (χ0v) is 17.7. The molecule has 7 heteroatoms. The number of methoxy groups -OCH3 is 1. The van der Waals surface area contributed by atoms with Gasteiger partial charge in [-0.3, -0.25) is 4.79 Å². The van der Waals surface area contributed by atoms with Gasteiger partial charge in [0.1, 0.15) is 0 Å². The molecule has 0 unspecified atom stereocenters. The first-order chi connectivity index (χ1) is 13.9. The van der Waals surface area contributed by atoms with Gasteiger partial charge in [0.2, 0.25) is 15.9 Å². The maximum absolute atomic E-state index is 12.7. The van der Waals surface area contributed by atoms with Crippen molar-refractivity contribution in [3.05, 3.63) is 65.2 Å². The van der Waals surface area contributed by atoms with Crippen molar-refractivity contribution in [2.24, 2.45) is 5.92 Å². The molecule has 0 bridgehead atoms. The number of nitrogens with zero attached hydrogens (tertiary/aromatic N) is 1. The molecule has 1 heterocycles. The molecule has 3 rings (SSSR count). The number of benzene rings is 2. The highest BCUT2D eigenvalue weighted by atomic mass is 32.2. The third kappa shape index (κ3) is 5.88. The number of sulfonamides is 1. The van der Waals surface area contributed by atoms with E-state index in [0.29, 0.717) is 32.5 Å². The molecule has 2 aromatic carbocycles. The van der Waals surface area contributed by atoms with Crippen LogP contribution in [0.1, 0.15) is 29.5 Å². The minimum atomic E-state index is -3.38. The number of anilines is 1. The van der Waals surface area contributed by atoms with E-state index in [4.69, 9.17) is 4.74 Å². The van der Waals surface area contributed by atoms with Crippen LogP contribution in [0.5, 0.6) is 0 Å². The van der Waals surface area contributed by atoms with E-state index in [1.54, 1.807) is 7.11 Å². The number of carbonyl (C=O) groups is 1. The van der Waals surface area contributed by atoms with Crippen LogP contribution in [0.25, 0.3) is 0 Å². The summed E-state index contributed by atoms with van der Waals surface area (Å²) in [6.07, 6.45) is 1.05. The molecule has 0 radical (unpaired) electrons. The fourth-order valence-corrected chi connectivity index (χ4v) is 5.10. The van der Waals surface area contributed by atoms with Gasteiger partial charge in [-0.05, 0) is 43.0 Å². The SMILES string of the molecule is COCc1cccc(NC(=O)C2CCN(S(=O)(=O)Cc3ccc(C)cc3)CC2)c1. The number of rotatable bonds is 7. The first kappa shape index (κ1) is 21.5. The molecular formula is C22H28N2O4S. The van der Waals surface area contributed by atoms with Crippen molar-refractivity contribution in [3.63, 3.8) is 0 Å². The van der Waals surface area contributed by atoms with Gasteiger partial charge in [-0.2, -0.15) is 0 Å². The zero-order chi connectivity index (χ0) is 20.9. The number of piperidine rings is 1. The van der Waals surface area contributed by atoms with Crippen molar-refractivity contribution in [2.45, 2.75) is 32.1 Å². The highest BCUT2D eigenvalue weighted by Crippen LogP contribution is 2.23. The molecule has 1 amide bonds. The Bertz CT molecular complexity index is 934. The lowest BCUT2D eigenvalue weighted by Crippen LogP contribution is -2.41. The zero-order valence-electron chi connectivity index (χ0n) is 16.9. The Morgan fingerprint density at radius 3 is 2.45 bits per heavy atom. The molecule has 1 N–H and O–H groups in total. The van der Waals surface area contributed by atoms with Gasteiger partial charge in [0.15, 0.2) is 0 Å². The summed E-state index contributed by atoms with van der Waals surface area (Å²) in [4.78, 5) is 12.6. The second kappa shape index (κ2) is 9.52. The van der Waals surface area contributed by atoms with E-state index in [1.165, 1.54) is 4.31 Å². The Morgan fingerprint density at radius 2 is 1.79 bits per heavy atom. The molecule has 6 nitrogen and oxygen atoms in total. The van der Waals surface area contributed by atoms with Crippen LogP contribution < -0.4 is 5.32 Å². The molecule has 2 aromatic rings. The summed E-state index contributed by atoms with van der Waals surface area (Å²) >= 11 is 0. The molecule has 0 atom stereocenters. The Balaban J connectivity index is 1.54. The maximum Gasteiger partial charge on any atom is 0.227 e. The average molecular weight is 417 g/mol. The molecule has 0 spiro atoms. The predicted octanol–water partition coefficient (Wildman–Crippen LogP) is 3.32. The van der Waals surface area contributed by atoms with Gasteiger partial charge >= 0.3 is 0 Å². The largest absolute Gasteiger partial charge is 0.380 e.